The molecule has 0 bridgehead atoms. The molecule has 2 saturated heterocycles. The summed E-state index contributed by atoms with van der Waals surface area (Å²) in [4.78, 5) is 21.9. The fraction of sp³-hybridized carbons (Fsp3) is 0.684. The van der Waals surface area contributed by atoms with Crippen LogP contribution in [0, 0.1) is 5.92 Å². The average Bonchev–Trinajstić information content (AvgIpc) is 3.17. The minimum atomic E-state index is 0.0263. The molecule has 7 heteroatoms. The third kappa shape index (κ3) is 5.20. The van der Waals surface area contributed by atoms with Crippen molar-refractivity contribution in [1.29, 1.82) is 0 Å². The maximum atomic E-state index is 12.0. The molecule has 6 nitrogen and oxygen atoms in total. The summed E-state index contributed by atoms with van der Waals surface area (Å²) in [5.41, 5.74) is 0. The van der Waals surface area contributed by atoms with Crippen LogP contribution in [0.2, 0.25) is 0 Å². The molecule has 2 aliphatic heterocycles. The van der Waals surface area contributed by atoms with Crippen LogP contribution in [0.1, 0.15) is 24.1 Å². The van der Waals surface area contributed by atoms with Gasteiger partial charge in [-0.25, -0.2) is 4.99 Å². The summed E-state index contributed by atoms with van der Waals surface area (Å²) in [6.45, 7) is 3.82. The van der Waals surface area contributed by atoms with Gasteiger partial charge in [-0.05, 0) is 37.1 Å². The number of rotatable bonds is 5. The number of thiophene rings is 1. The van der Waals surface area contributed by atoms with Gasteiger partial charge in [0.1, 0.15) is 6.54 Å². The summed E-state index contributed by atoms with van der Waals surface area (Å²) in [7, 11) is 3.54. The molecule has 26 heavy (non-hydrogen) atoms. The Balaban J connectivity index is 1.61. The van der Waals surface area contributed by atoms with Crippen molar-refractivity contribution in [3.8, 4) is 0 Å². The van der Waals surface area contributed by atoms with Gasteiger partial charge in [0.05, 0.1) is 6.10 Å². The van der Waals surface area contributed by atoms with Gasteiger partial charge in [-0.15, -0.1) is 11.3 Å². The zero-order valence-electron chi connectivity index (χ0n) is 15.8. The van der Waals surface area contributed by atoms with Gasteiger partial charge in [-0.1, -0.05) is 6.07 Å². The van der Waals surface area contributed by atoms with Crippen molar-refractivity contribution in [3.05, 3.63) is 22.4 Å². The van der Waals surface area contributed by atoms with Crippen molar-refractivity contribution in [3.63, 3.8) is 0 Å². The molecule has 0 saturated carbocycles. The highest BCUT2D eigenvalue weighted by molar-refractivity contribution is 7.09. The van der Waals surface area contributed by atoms with Crippen LogP contribution in [-0.2, 0) is 16.0 Å². The maximum absolute atomic E-state index is 12.0. The molecule has 1 amide bonds. The predicted molar refractivity (Wildman–Crippen MR) is 106 cm³/mol. The van der Waals surface area contributed by atoms with E-state index in [0.717, 1.165) is 51.5 Å². The molecule has 1 aromatic heterocycles. The number of amides is 1. The topological polar surface area (TPSA) is 57.2 Å². The number of hydrogen-bond donors (Lipinski definition) is 1. The molecule has 0 aromatic carbocycles. The summed E-state index contributed by atoms with van der Waals surface area (Å²) in [5.74, 6) is 1.46. The fourth-order valence-electron chi connectivity index (χ4n) is 3.58. The lowest BCUT2D eigenvalue weighted by Crippen LogP contribution is -2.52. The molecule has 144 valence electrons. The first-order chi connectivity index (χ1) is 12.6. The average molecular weight is 379 g/mol. The number of carbonyl (C=O) groups is 1. The summed E-state index contributed by atoms with van der Waals surface area (Å²) in [5, 5.41) is 5.59. The van der Waals surface area contributed by atoms with E-state index in [-0.39, 0.29) is 12.5 Å². The van der Waals surface area contributed by atoms with Crippen molar-refractivity contribution >= 4 is 23.2 Å². The Labute approximate surface area is 160 Å². The number of ether oxygens (including phenoxy) is 1. The number of carbonyl (C=O) groups excluding carboxylic acids is 1. The first-order valence-corrected chi connectivity index (χ1v) is 10.4. The predicted octanol–water partition coefficient (Wildman–Crippen LogP) is 1.83. The number of nitrogens with zero attached hydrogens (tertiary/aromatic N) is 3. The van der Waals surface area contributed by atoms with Crippen LogP contribution in [0.5, 0.6) is 0 Å². The summed E-state index contributed by atoms with van der Waals surface area (Å²) >= 11 is 1.78. The monoisotopic (exact) mass is 378 g/mol. The second-order valence-corrected chi connectivity index (χ2v) is 8.26. The lowest BCUT2D eigenvalue weighted by molar-refractivity contribution is -0.127. The highest BCUT2D eigenvalue weighted by atomic mass is 32.1. The number of guanidine groups is 1. The number of aliphatic imine (C=N–C) groups is 1. The molecule has 0 aliphatic carbocycles. The standard InChI is InChI=1S/C19H30N4O2S/c1-22(2)18(24)13-21-19(20-9-7-16-6-4-12-26-16)23-10-8-17-15(14-23)5-3-11-25-17/h4,6,12,15,17H,3,5,7-11,13-14H2,1-2H3,(H,20,21). The van der Waals surface area contributed by atoms with Crippen LogP contribution < -0.4 is 5.32 Å². The lowest BCUT2D eigenvalue weighted by Gasteiger charge is -2.42. The molecule has 2 aliphatic rings. The third-order valence-corrected chi connectivity index (χ3v) is 6.05. The largest absolute Gasteiger partial charge is 0.378 e. The Morgan fingerprint density at radius 1 is 1.46 bits per heavy atom. The number of nitrogens with one attached hydrogen (secondary N) is 1. The van der Waals surface area contributed by atoms with E-state index in [9.17, 15) is 4.79 Å². The van der Waals surface area contributed by atoms with Gasteiger partial charge in [-0.2, -0.15) is 0 Å². The van der Waals surface area contributed by atoms with Crippen LogP contribution in [-0.4, -0.2) is 74.7 Å². The zero-order valence-corrected chi connectivity index (χ0v) is 16.6. The first kappa shape index (κ1) is 19.2. The van der Waals surface area contributed by atoms with E-state index in [2.05, 4.69) is 32.7 Å². The summed E-state index contributed by atoms with van der Waals surface area (Å²) in [6, 6.07) is 4.24. The molecule has 1 N–H and O–H groups in total. The molecule has 0 spiro atoms. The van der Waals surface area contributed by atoms with Gasteiger partial charge in [-0.3, -0.25) is 4.79 Å². The number of fused-ring (bicyclic) bond motifs is 1. The number of likely N-dealkylation sites (N-methyl/N-ethyl adjacent to an activating group) is 1. The Kier molecular flexibility index (Phi) is 6.91. The molecule has 3 heterocycles. The molecule has 2 fully saturated rings. The maximum Gasteiger partial charge on any atom is 0.243 e. The van der Waals surface area contributed by atoms with Crippen molar-refractivity contribution in [2.24, 2.45) is 10.9 Å². The van der Waals surface area contributed by atoms with Crippen LogP contribution in [0.25, 0.3) is 0 Å². The van der Waals surface area contributed by atoms with Crippen LogP contribution >= 0.6 is 11.3 Å². The van der Waals surface area contributed by atoms with E-state index in [0.29, 0.717) is 12.0 Å². The number of piperidine rings is 1. The first-order valence-electron chi connectivity index (χ1n) is 9.51. The SMILES string of the molecule is CN(C)C(=O)CN=C(NCCc1cccs1)N1CCC2OCCCC2C1. The van der Waals surface area contributed by atoms with Gasteiger partial charge in [0.25, 0.3) is 0 Å². The van der Waals surface area contributed by atoms with Crippen molar-refractivity contribution in [2.75, 3.05) is 46.9 Å². The Hall–Kier alpha value is -1.60. The van der Waals surface area contributed by atoms with Gasteiger partial charge in [0, 0.05) is 51.1 Å². The van der Waals surface area contributed by atoms with E-state index in [1.807, 2.05) is 0 Å². The fourth-order valence-corrected chi connectivity index (χ4v) is 4.29. The van der Waals surface area contributed by atoms with Crippen LogP contribution in [0.3, 0.4) is 0 Å². The molecule has 2 atom stereocenters. The lowest BCUT2D eigenvalue weighted by atomic mass is 9.88. The third-order valence-electron chi connectivity index (χ3n) is 5.11. The molecule has 0 radical (unpaired) electrons. The second kappa shape index (κ2) is 9.37. The number of hydrogen-bond acceptors (Lipinski definition) is 4. The summed E-state index contributed by atoms with van der Waals surface area (Å²) < 4.78 is 5.92. The van der Waals surface area contributed by atoms with Gasteiger partial charge >= 0.3 is 0 Å². The second-order valence-electron chi connectivity index (χ2n) is 7.23. The van der Waals surface area contributed by atoms with Crippen molar-refractivity contribution < 1.29 is 9.53 Å². The minimum Gasteiger partial charge on any atom is -0.378 e. The van der Waals surface area contributed by atoms with Crippen LogP contribution in [0.15, 0.2) is 22.5 Å². The van der Waals surface area contributed by atoms with Gasteiger partial charge in [0.2, 0.25) is 5.91 Å². The van der Waals surface area contributed by atoms with E-state index >= 15 is 0 Å². The van der Waals surface area contributed by atoms with E-state index in [1.165, 1.54) is 11.3 Å². The molecule has 2 unspecified atom stereocenters. The quantitative estimate of drug-likeness (QED) is 0.627. The molecular formula is C19H30N4O2S. The Morgan fingerprint density at radius 2 is 2.35 bits per heavy atom. The Bertz CT molecular complexity index is 603. The zero-order chi connectivity index (χ0) is 18.4. The molecular weight excluding hydrogens is 348 g/mol. The molecule has 3 rings (SSSR count). The van der Waals surface area contributed by atoms with Gasteiger partial charge < -0.3 is 19.9 Å². The van der Waals surface area contributed by atoms with Crippen molar-refractivity contribution in [1.82, 2.24) is 15.1 Å². The number of likely N-dealkylation sites (tertiary alicyclic amines) is 1. The summed E-state index contributed by atoms with van der Waals surface area (Å²) in [6.07, 6.45) is 4.78. The smallest absolute Gasteiger partial charge is 0.243 e. The minimum absolute atomic E-state index is 0.0263. The molecule has 1 aromatic rings. The van der Waals surface area contributed by atoms with Crippen LogP contribution in [0.4, 0.5) is 0 Å². The van der Waals surface area contributed by atoms with Crippen molar-refractivity contribution in [2.45, 2.75) is 31.8 Å². The highest BCUT2D eigenvalue weighted by Crippen LogP contribution is 2.28. The van der Waals surface area contributed by atoms with E-state index in [1.54, 1.807) is 30.3 Å². The van der Waals surface area contributed by atoms with E-state index < -0.39 is 0 Å². The highest BCUT2D eigenvalue weighted by Gasteiger charge is 2.33. The van der Waals surface area contributed by atoms with E-state index in [4.69, 9.17) is 4.74 Å². The van der Waals surface area contributed by atoms with Gasteiger partial charge in [0.15, 0.2) is 5.96 Å². The Morgan fingerprint density at radius 3 is 3.12 bits per heavy atom. The normalized spacial score (nSPS) is 23.5.